The van der Waals surface area contributed by atoms with Crippen LogP contribution in [0.1, 0.15) is 15.9 Å². The summed E-state index contributed by atoms with van der Waals surface area (Å²) in [7, 11) is 0. The third-order valence-corrected chi connectivity index (χ3v) is 3.48. The molecule has 0 amide bonds. The molecule has 0 fully saturated rings. The first-order chi connectivity index (χ1) is 9.27. The van der Waals surface area contributed by atoms with Crippen LogP contribution < -0.4 is 5.56 Å². The summed E-state index contributed by atoms with van der Waals surface area (Å²) in [4.78, 5) is 31.2. The van der Waals surface area contributed by atoms with Gasteiger partial charge in [-0.05, 0) is 12.1 Å². The Morgan fingerprint density at radius 2 is 1.79 bits per heavy atom. The number of nitrogens with one attached hydrogen (secondary N) is 1. The van der Waals surface area contributed by atoms with Crippen LogP contribution in [0.5, 0.6) is 0 Å². The van der Waals surface area contributed by atoms with E-state index in [0.717, 1.165) is 16.5 Å². The minimum absolute atomic E-state index is 0.223. The number of fused-ring (bicyclic) bond motifs is 5. The van der Waals surface area contributed by atoms with Gasteiger partial charge in [0.2, 0.25) is 0 Å². The Balaban J connectivity index is 2.29. The Labute approximate surface area is 107 Å². The Bertz CT molecular complexity index is 909. The number of H-pyrrole nitrogens is 1. The Kier molecular flexibility index (Phi) is 1.82. The molecule has 0 radical (unpaired) electrons. The molecule has 19 heavy (non-hydrogen) atoms. The van der Waals surface area contributed by atoms with Gasteiger partial charge in [-0.25, -0.2) is 0 Å². The van der Waals surface area contributed by atoms with Gasteiger partial charge in [-0.2, -0.15) is 0 Å². The maximum atomic E-state index is 12.3. The zero-order valence-corrected chi connectivity index (χ0v) is 9.81. The largest absolute Gasteiger partial charge is 0.321 e. The van der Waals surface area contributed by atoms with E-state index in [2.05, 4.69) is 9.97 Å². The van der Waals surface area contributed by atoms with Gasteiger partial charge >= 0.3 is 0 Å². The number of benzene rings is 1. The molecule has 1 N–H and O–H groups in total. The first-order valence-corrected chi connectivity index (χ1v) is 5.91. The van der Waals surface area contributed by atoms with Gasteiger partial charge in [-0.3, -0.25) is 14.6 Å². The molecule has 0 bridgehead atoms. The molecule has 0 aliphatic heterocycles. The predicted octanol–water partition coefficient (Wildman–Crippen LogP) is 2.13. The average molecular weight is 248 g/mol. The van der Waals surface area contributed by atoms with Gasteiger partial charge < -0.3 is 4.98 Å². The van der Waals surface area contributed by atoms with Crippen molar-refractivity contribution in [1.29, 1.82) is 0 Å². The molecular weight excluding hydrogens is 240 g/mol. The van der Waals surface area contributed by atoms with Crippen LogP contribution >= 0.6 is 0 Å². The lowest BCUT2D eigenvalue weighted by Crippen LogP contribution is -2.16. The minimum atomic E-state index is -0.338. The lowest BCUT2D eigenvalue weighted by atomic mass is 10.0. The van der Waals surface area contributed by atoms with Crippen LogP contribution in [0.25, 0.3) is 22.0 Å². The standard InChI is InChI=1S/C15H8N2O2/c18-14-8-5-6-16-7-10(8)12-9-3-1-2-4-11(9)17-15(19)13(12)14/h1-7H,(H,17,19). The number of hydrogen-bond acceptors (Lipinski definition) is 3. The molecule has 0 atom stereocenters. The van der Waals surface area contributed by atoms with E-state index in [1.54, 1.807) is 18.5 Å². The molecule has 2 aromatic heterocycles. The molecule has 4 heteroatoms. The topological polar surface area (TPSA) is 62.8 Å². The van der Waals surface area contributed by atoms with Crippen LogP contribution in [-0.2, 0) is 0 Å². The lowest BCUT2D eigenvalue weighted by molar-refractivity contribution is 0.104. The van der Waals surface area contributed by atoms with Crippen molar-refractivity contribution in [3.05, 3.63) is 64.2 Å². The van der Waals surface area contributed by atoms with E-state index in [0.29, 0.717) is 11.1 Å². The van der Waals surface area contributed by atoms with Crippen molar-refractivity contribution < 1.29 is 4.79 Å². The Morgan fingerprint density at radius 1 is 0.947 bits per heavy atom. The number of carbonyl (C=O) groups is 1. The van der Waals surface area contributed by atoms with Crippen molar-refractivity contribution in [2.45, 2.75) is 0 Å². The molecule has 3 aromatic rings. The van der Waals surface area contributed by atoms with Gasteiger partial charge in [-0.15, -0.1) is 0 Å². The fraction of sp³-hybridized carbons (Fsp3) is 0. The second-order valence-corrected chi connectivity index (χ2v) is 4.50. The van der Waals surface area contributed by atoms with Crippen molar-refractivity contribution in [3.63, 3.8) is 0 Å². The van der Waals surface area contributed by atoms with Gasteiger partial charge in [0.25, 0.3) is 5.56 Å². The molecule has 90 valence electrons. The minimum Gasteiger partial charge on any atom is -0.321 e. The summed E-state index contributed by atoms with van der Waals surface area (Å²) in [6.07, 6.45) is 3.21. The quantitative estimate of drug-likeness (QED) is 0.518. The number of aromatic nitrogens is 2. The van der Waals surface area contributed by atoms with E-state index < -0.39 is 0 Å². The molecule has 0 unspecified atom stereocenters. The van der Waals surface area contributed by atoms with Crippen molar-refractivity contribution in [3.8, 4) is 11.1 Å². The number of carbonyl (C=O) groups excluding carboxylic acids is 1. The first kappa shape index (κ1) is 10.2. The van der Waals surface area contributed by atoms with Crippen molar-refractivity contribution in [1.82, 2.24) is 9.97 Å². The third-order valence-electron chi connectivity index (χ3n) is 3.48. The zero-order valence-electron chi connectivity index (χ0n) is 9.81. The number of pyridine rings is 2. The molecule has 4 nitrogen and oxygen atoms in total. The van der Waals surface area contributed by atoms with Gasteiger partial charge in [0.15, 0.2) is 5.78 Å². The first-order valence-electron chi connectivity index (χ1n) is 5.91. The van der Waals surface area contributed by atoms with Crippen molar-refractivity contribution in [2.24, 2.45) is 0 Å². The molecule has 0 saturated heterocycles. The number of aromatic amines is 1. The maximum absolute atomic E-state index is 12.3. The number of hydrogen-bond donors (Lipinski definition) is 1. The van der Waals surface area contributed by atoms with Gasteiger partial charge in [-0.1, -0.05) is 18.2 Å². The highest BCUT2D eigenvalue weighted by Gasteiger charge is 2.31. The third kappa shape index (κ3) is 1.20. The highest BCUT2D eigenvalue weighted by Crippen LogP contribution is 2.38. The summed E-state index contributed by atoms with van der Waals surface area (Å²) >= 11 is 0. The summed E-state index contributed by atoms with van der Waals surface area (Å²) in [5.41, 5.74) is 2.61. The highest BCUT2D eigenvalue weighted by molar-refractivity contribution is 6.25. The highest BCUT2D eigenvalue weighted by atomic mass is 16.1. The van der Waals surface area contributed by atoms with E-state index in [1.807, 2.05) is 24.3 Å². The van der Waals surface area contributed by atoms with E-state index in [1.165, 1.54) is 0 Å². The smallest absolute Gasteiger partial charge is 0.260 e. The normalized spacial score (nSPS) is 12.5. The van der Waals surface area contributed by atoms with Crippen LogP contribution in [0.3, 0.4) is 0 Å². The zero-order chi connectivity index (χ0) is 13.0. The average Bonchev–Trinajstić information content (AvgIpc) is 2.74. The Morgan fingerprint density at radius 3 is 2.68 bits per heavy atom. The van der Waals surface area contributed by atoms with Crippen LogP contribution in [0.4, 0.5) is 0 Å². The summed E-state index contributed by atoms with van der Waals surface area (Å²) in [5, 5.41) is 0.872. The van der Waals surface area contributed by atoms with E-state index in [-0.39, 0.29) is 16.9 Å². The summed E-state index contributed by atoms with van der Waals surface area (Å²) in [5.74, 6) is -0.223. The van der Waals surface area contributed by atoms with E-state index >= 15 is 0 Å². The van der Waals surface area contributed by atoms with Crippen LogP contribution in [-0.4, -0.2) is 15.8 Å². The Hall–Kier alpha value is -2.75. The van der Waals surface area contributed by atoms with Gasteiger partial charge in [0.05, 0.1) is 5.56 Å². The number of ketones is 1. The molecule has 0 spiro atoms. The monoisotopic (exact) mass is 248 g/mol. The van der Waals surface area contributed by atoms with Crippen LogP contribution in [0.2, 0.25) is 0 Å². The molecule has 1 aliphatic rings. The number of rotatable bonds is 0. The van der Waals surface area contributed by atoms with E-state index in [9.17, 15) is 9.59 Å². The van der Waals surface area contributed by atoms with Gasteiger partial charge in [0.1, 0.15) is 0 Å². The molecule has 1 aliphatic carbocycles. The molecular formula is C15H8N2O2. The maximum Gasteiger partial charge on any atom is 0.260 e. The summed E-state index contributed by atoms with van der Waals surface area (Å²) in [6.45, 7) is 0. The molecule has 1 aromatic carbocycles. The van der Waals surface area contributed by atoms with Gasteiger partial charge in [0, 0.05) is 40.0 Å². The predicted molar refractivity (Wildman–Crippen MR) is 71.2 cm³/mol. The number of para-hydroxylation sites is 1. The summed E-state index contributed by atoms with van der Waals surface area (Å²) in [6, 6.07) is 9.13. The fourth-order valence-electron chi connectivity index (χ4n) is 2.67. The fourth-order valence-corrected chi connectivity index (χ4v) is 2.67. The van der Waals surface area contributed by atoms with E-state index in [4.69, 9.17) is 0 Å². The SMILES string of the molecule is O=C1c2ccncc2-c2c1c(=O)[nH]c1ccccc21. The van der Waals surface area contributed by atoms with Crippen LogP contribution in [0.15, 0.2) is 47.5 Å². The van der Waals surface area contributed by atoms with Crippen molar-refractivity contribution in [2.75, 3.05) is 0 Å². The van der Waals surface area contributed by atoms with Crippen molar-refractivity contribution >= 4 is 16.7 Å². The second-order valence-electron chi connectivity index (χ2n) is 4.50. The van der Waals surface area contributed by atoms with Crippen LogP contribution in [0, 0.1) is 0 Å². The molecule has 0 saturated carbocycles. The molecule has 2 heterocycles. The molecule has 4 rings (SSSR count). The summed E-state index contributed by atoms with van der Waals surface area (Å²) < 4.78 is 0. The lowest BCUT2D eigenvalue weighted by Gasteiger charge is -2.04. The second kappa shape index (κ2) is 3.38. The number of nitrogens with zero attached hydrogens (tertiary/aromatic N) is 1.